The first-order chi connectivity index (χ1) is 12.1. The van der Waals surface area contributed by atoms with E-state index in [1.54, 1.807) is 0 Å². The summed E-state index contributed by atoms with van der Waals surface area (Å²) in [7, 11) is 0. The molecule has 1 aliphatic carbocycles. The molecule has 25 heavy (non-hydrogen) atoms. The molecule has 0 saturated heterocycles. The van der Waals surface area contributed by atoms with Crippen molar-refractivity contribution in [1.29, 1.82) is 0 Å². The van der Waals surface area contributed by atoms with Crippen LogP contribution in [0.1, 0.15) is 25.0 Å². The Labute approximate surface area is 148 Å². The topological polar surface area (TPSA) is 35.5 Å². The summed E-state index contributed by atoms with van der Waals surface area (Å²) < 4.78 is 12.7. The normalized spacial score (nSPS) is 31.5. The average Bonchev–Trinajstić information content (AvgIpc) is 2.64. The molecule has 1 saturated carbocycles. The monoisotopic (exact) mass is 334 g/mol. The van der Waals surface area contributed by atoms with E-state index in [2.05, 4.69) is 26.0 Å². The third-order valence-corrected chi connectivity index (χ3v) is 6.26. The van der Waals surface area contributed by atoms with Gasteiger partial charge in [-0.25, -0.2) is 0 Å². The molecule has 0 spiro atoms. The van der Waals surface area contributed by atoms with E-state index in [-0.39, 0.29) is 29.5 Å². The Morgan fingerprint density at radius 1 is 0.800 bits per heavy atom. The van der Waals surface area contributed by atoms with E-state index in [0.717, 1.165) is 35.5 Å². The van der Waals surface area contributed by atoms with Gasteiger partial charge in [0.25, 0.3) is 0 Å². The minimum absolute atomic E-state index is 0.0833. The third-order valence-electron chi connectivity index (χ3n) is 6.26. The fourth-order valence-electron chi connectivity index (χ4n) is 4.98. The van der Waals surface area contributed by atoms with Gasteiger partial charge < -0.3 is 9.47 Å². The molecule has 0 unspecified atom stereocenters. The maximum Gasteiger partial charge on any atom is 0.147 e. The molecule has 1 fully saturated rings. The Hall–Kier alpha value is -2.29. The number of para-hydroxylation sites is 2. The fourth-order valence-corrected chi connectivity index (χ4v) is 4.98. The summed E-state index contributed by atoms with van der Waals surface area (Å²) in [5, 5.41) is 0. The van der Waals surface area contributed by atoms with Crippen molar-refractivity contribution >= 4 is 5.78 Å². The second-order valence-electron chi connectivity index (χ2n) is 8.14. The lowest BCUT2D eigenvalue weighted by Gasteiger charge is -2.53. The van der Waals surface area contributed by atoms with Gasteiger partial charge in [-0.3, -0.25) is 4.79 Å². The van der Waals surface area contributed by atoms with Crippen LogP contribution in [0.3, 0.4) is 0 Å². The van der Waals surface area contributed by atoms with Crippen LogP contribution in [0, 0.1) is 17.3 Å². The minimum atomic E-state index is -0.232. The standard InChI is InChI=1S/C22H22O3/c1-22(2)20-15(11-13-7-3-5-9-17(13)24-20)19(23)16-12-14-8-4-6-10-18(14)25-21(16)22/h3-10,15-16,20-21H,11-12H2,1-2H3/t15-,16-,20-,21-/m1/s1. The zero-order valence-electron chi connectivity index (χ0n) is 14.6. The molecule has 2 heterocycles. The molecule has 4 atom stereocenters. The maximum absolute atomic E-state index is 13.3. The van der Waals surface area contributed by atoms with Crippen LogP contribution in [-0.4, -0.2) is 18.0 Å². The maximum atomic E-state index is 13.3. The predicted octanol–water partition coefficient (Wildman–Crippen LogP) is 3.84. The van der Waals surface area contributed by atoms with Crippen molar-refractivity contribution in [3.63, 3.8) is 0 Å². The molecular weight excluding hydrogens is 312 g/mol. The number of hydrogen-bond acceptors (Lipinski definition) is 3. The van der Waals surface area contributed by atoms with Crippen LogP contribution < -0.4 is 9.47 Å². The van der Waals surface area contributed by atoms with Gasteiger partial charge in [0.05, 0.1) is 11.8 Å². The Bertz CT molecular complexity index is 786. The summed E-state index contributed by atoms with van der Waals surface area (Å²) >= 11 is 0. The molecule has 0 bridgehead atoms. The molecule has 2 aromatic rings. The van der Waals surface area contributed by atoms with Crippen LogP contribution in [0.15, 0.2) is 48.5 Å². The lowest BCUT2D eigenvalue weighted by molar-refractivity contribution is -0.161. The Morgan fingerprint density at radius 3 is 1.72 bits per heavy atom. The Kier molecular flexibility index (Phi) is 3.06. The molecule has 2 aromatic carbocycles. The number of ketones is 1. The highest BCUT2D eigenvalue weighted by molar-refractivity contribution is 5.87. The number of fused-ring (bicyclic) bond motifs is 4. The number of Topliss-reactive ketones (excluding diaryl/α,β-unsaturated/α-hetero) is 1. The van der Waals surface area contributed by atoms with Gasteiger partial charge in [-0.2, -0.15) is 0 Å². The summed E-state index contributed by atoms with van der Waals surface area (Å²) in [6.07, 6.45) is 1.27. The van der Waals surface area contributed by atoms with Gasteiger partial charge >= 0.3 is 0 Å². The van der Waals surface area contributed by atoms with Crippen molar-refractivity contribution in [2.45, 2.75) is 38.9 Å². The molecule has 0 amide bonds. The van der Waals surface area contributed by atoms with E-state index in [0.29, 0.717) is 5.78 Å². The average molecular weight is 334 g/mol. The van der Waals surface area contributed by atoms with Gasteiger partial charge in [0.2, 0.25) is 0 Å². The first-order valence-corrected chi connectivity index (χ1v) is 9.08. The highest BCUT2D eigenvalue weighted by Crippen LogP contribution is 2.51. The van der Waals surface area contributed by atoms with E-state index >= 15 is 0 Å². The molecule has 128 valence electrons. The molecular formula is C22H22O3. The molecule has 5 rings (SSSR count). The van der Waals surface area contributed by atoms with Gasteiger partial charge in [0, 0.05) is 5.41 Å². The van der Waals surface area contributed by atoms with E-state index < -0.39 is 0 Å². The van der Waals surface area contributed by atoms with Gasteiger partial charge in [-0.1, -0.05) is 50.2 Å². The van der Waals surface area contributed by atoms with Crippen molar-refractivity contribution in [2.75, 3.05) is 0 Å². The van der Waals surface area contributed by atoms with E-state index in [1.165, 1.54) is 0 Å². The smallest absolute Gasteiger partial charge is 0.147 e. The number of ether oxygens (including phenoxy) is 2. The summed E-state index contributed by atoms with van der Waals surface area (Å²) in [6.45, 7) is 4.38. The quantitative estimate of drug-likeness (QED) is 0.734. The number of hydrogen-bond donors (Lipinski definition) is 0. The molecule has 3 heteroatoms. The van der Waals surface area contributed by atoms with Crippen molar-refractivity contribution < 1.29 is 14.3 Å². The third kappa shape index (κ3) is 2.08. The molecule has 2 aliphatic heterocycles. The van der Waals surface area contributed by atoms with Crippen molar-refractivity contribution in [1.82, 2.24) is 0 Å². The number of benzene rings is 2. The predicted molar refractivity (Wildman–Crippen MR) is 94.9 cm³/mol. The zero-order chi connectivity index (χ0) is 17.2. The summed E-state index contributed by atoms with van der Waals surface area (Å²) in [5.74, 6) is 1.97. The number of carbonyl (C=O) groups excluding carboxylic acids is 1. The molecule has 0 aromatic heterocycles. The van der Waals surface area contributed by atoms with Crippen molar-refractivity contribution in [3.05, 3.63) is 59.7 Å². The van der Waals surface area contributed by atoms with Crippen LogP contribution in [0.2, 0.25) is 0 Å². The fraction of sp³-hybridized carbons (Fsp3) is 0.409. The first-order valence-electron chi connectivity index (χ1n) is 9.08. The van der Waals surface area contributed by atoms with Crippen molar-refractivity contribution in [3.8, 4) is 11.5 Å². The number of rotatable bonds is 0. The van der Waals surface area contributed by atoms with Gasteiger partial charge in [0.1, 0.15) is 29.5 Å². The van der Waals surface area contributed by atoms with E-state index in [9.17, 15) is 4.79 Å². The van der Waals surface area contributed by atoms with Gasteiger partial charge in [-0.05, 0) is 36.1 Å². The van der Waals surface area contributed by atoms with Crippen molar-refractivity contribution in [2.24, 2.45) is 17.3 Å². The highest BCUT2D eigenvalue weighted by Gasteiger charge is 2.59. The van der Waals surface area contributed by atoms with E-state index in [4.69, 9.17) is 9.47 Å². The lowest BCUT2D eigenvalue weighted by Crippen LogP contribution is -2.64. The summed E-state index contributed by atoms with van der Waals surface area (Å²) in [6, 6.07) is 16.2. The van der Waals surface area contributed by atoms with Gasteiger partial charge in [0.15, 0.2) is 0 Å². The second kappa shape index (κ2) is 5.10. The molecule has 0 radical (unpaired) electrons. The van der Waals surface area contributed by atoms with Gasteiger partial charge in [-0.15, -0.1) is 0 Å². The lowest BCUT2D eigenvalue weighted by atomic mass is 9.59. The SMILES string of the molecule is CC1(C)[C@@H]2Oc3ccccc3C[C@@H]2C(=O)[C@H]2Cc3ccccc3O[C@H]21. The minimum Gasteiger partial charge on any atom is -0.489 e. The van der Waals surface area contributed by atoms with Crippen LogP contribution in [0.25, 0.3) is 0 Å². The second-order valence-corrected chi connectivity index (χ2v) is 8.14. The number of carbonyl (C=O) groups is 1. The van der Waals surface area contributed by atoms with Crippen LogP contribution in [-0.2, 0) is 17.6 Å². The van der Waals surface area contributed by atoms with Crippen LogP contribution in [0.4, 0.5) is 0 Å². The Balaban J connectivity index is 1.58. The largest absolute Gasteiger partial charge is 0.489 e. The summed E-state index contributed by atoms with van der Waals surface area (Å²) in [4.78, 5) is 13.3. The molecule has 3 aliphatic rings. The summed E-state index contributed by atoms with van der Waals surface area (Å²) in [5.41, 5.74) is 2.05. The van der Waals surface area contributed by atoms with E-state index in [1.807, 2.05) is 36.4 Å². The molecule has 3 nitrogen and oxygen atoms in total. The van der Waals surface area contributed by atoms with Crippen LogP contribution >= 0.6 is 0 Å². The Morgan fingerprint density at radius 2 is 1.24 bits per heavy atom. The first kappa shape index (κ1) is 15.0. The highest BCUT2D eigenvalue weighted by atomic mass is 16.5. The zero-order valence-corrected chi connectivity index (χ0v) is 14.6. The van der Waals surface area contributed by atoms with Crippen LogP contribution in [0.5, 0.6) is 11.5 Å². The molecule has 0 N–H and O–H groups in total.